The van der Waals surface area contributed by atoms with Gasteiger partial charge in [-0.2, -0.15) is 5.10 Å². The van der Waals surface area contributed by atoms with Crippen molar-refractivity contribution in [3.63, 3.8) is 0 Å². The molecule has 146 valence electrons. The molecule has 2 rings (SSSR count). The van der Waals surface area contributed by atoms with E-state index in [0.29, 0.717) is 11.6 Å². The number of benzene rings is 1. The van der Waals surface area contributed by atoms with Crippen LogP contribution in [0, 0.1) is 0 Å². The van der Waals surface area contributed by atoms with Crippen LogP contribution in [-0.2, 0) is 9.53 Å². The Hall–Kier alpha value is -2.54. The second kappa shape index (κ2) is 9.41. The van der Waals surface area contributed by atoms with E-state index in [9.17, 15) is 9.59 Å². The lowest BCUT2D eigenvalue weighted by Crippen LogP contribution is -2.36. The summed E-state index contributed by atoms with van der Waals surface area (Å²) in [5.41, 5.74) is 0.414. The number of hydrogen-bond donors (Lipinski definition) is 2. The van der Waals surface area contributed by atoms with Crippen LogP contribution in [0.1, 0.15) is 38.8 Å². The van der Waals surface area contributed by atoms with Gasteiger partial charge in [0.05, 0.1) is 6.04 Å². The summed E-state index contributed by atoms with van der Waals surface area (Å²) in [7, 11) is 0. The zero-order valence-corrected chi connectivity index (χ0v) is 16.5. The van der Waals surface area contributed by atoms with Gasteiger partial charge in [0.2, 0.25) is 5.91 Å². The Bertz CT molecular complexity index is 739. The fourth-order valence-corrected chi connectivity index (χ4v) is 2.53. The number of nitrogens with one attached hydrogen (secondary N) is 2. The molecule has 0 unspecified atom stereocenters. The van der Waals surface area contributed by atoms with Crippen LogP contribution in [0.5, 0.6) is 0 Å². The van der Waals surface area contributed by atoms with E-state index in [2.05, 4.69) is 15.7 Å². The number of hydrogen-bond acceptors (Lipinski definition) is 4. The van der Waals surface area contributed by atoms with Crippen molar-refractivity contribution in [2.45, 2.75) is 38.8 Å². The smallest absolute Gasteiger partial charge is 0.407 e. The van der Waals surface area contributed by atoms with E-state index in [1.165, 1.54) is 0 Å². The number of carbonyl (C=O) groups is 2. The summed E-state index contributed by atoms with van der Waals surface area (Å²) in [5, 5.41) is 10.4. The molecule has 0 aliphatic heterocycles. The Balaban J connectivity index is 1.85. The maximum absolute atomic E-state index is 12.1. The molecule has 2 aromatic rings. The van der Waals surface area contributed by atoms with Crippen LogP contribution in [0.2, 0.25) is 5.02 Å². The Morgan fingerprint density at radius 1 is 1.22 bits per heavy atom. The molecule has 2 N–H and O–H groups in total. The van der Waals surface area contributed by atoms with E-state index in [1.54, 1.807) is 43.8 Å². The molecule has 1 aromatic carbocycles. The number of rotatable bonds is 7. The minimum absolute atomic E-state index is 0.153. The molecule has 0 spiro atoms. The largest absolute Gasteiger partial charge is 0.444 e. The lowest BCUT2D eigenvalue weighted by Gasteiger charge is -2.20. The third-order valence-electron chi connectivity index (χ3n) is 3.61. The van der Waals surface area contributed by atoms with Gasteiger partial charge in [0.15, 0.2) is 0 Å². The number of aromatic nitrogens is 2. The quantitative estimate of drug-likeness (QED) is 0.757. The molecule has 0 saturated heterocycles. The normalized spacial score (nSPS) is 12.3. The molecule has 0 saturated carbocycles. The molecule has 1 atom stereocenters. The Labute approximate surface area is 164 Å². The van der Waals surface area contributed by atoms with E-state index in [4.69, 9.17) is 16.3 Å². The van der Waals surface area contributed by atoms with Gasteiger partial charge in [-0.1, -0.05) is 23.7 Å². The molecule has 2 amide bonds. The zero-order valence-electron chi connectivity index (χ0n) is 15.7. The highest BCUT2D eigenvalue weighted by Gasteiger charge is 2.17. The van der Waals surface area contributed by atoms with Crippen LogP contribution in [0.25, 0.3) is 0 Å². The van der Waals surface area contributed by atoms with Crippen LogP contribution < -0.4 is 10.6 Å². The molecule has 0 fully saturated rings. The summed E-state index contributed by atoms with van der Waals surface area (Å²) in [6, 6.07) is 9.10. The van der Waals surface area contributed by atoms with Crippen molar-refractivity contribution in [3.8, 4) is 0 Å². The Morgan fingerprint density at radius 3 is 2.52 bits per heavy atom. The van der Waals surface area contributed by atoms with E-state index in [-0.39, 0.29) is 24.9 Å². The van der Waals surface area contributed by atoms with Gasteiger partial charge in [-0.3, -0.25) is 9.48 Å². The van der Waals surface area contributed by atoms with Crippen LogP contribution in [-0.4, -0.2) is 40.5 Å². The highest BCUT2D eigenvalue weighted by molar-refractivity contribution is 6.30. The molecule has 0 aliphatic rings. The molecule has 1 aromatic heterocycles. The lowest BCUT2D eigenvalue weighted by atomic mass is 10.1. The molecule has 0 bridgehead atoms. The first kappa shape index (κ1) is 20.8. The molecule has 8 heteroatoms. The summed E-state index contributed by atoms with van der Waals surface area (Å²) < 4.78 is 6.91. The van der Waals surface area contributed by atoms with Crippen LogP contribution in [0.3, 0.4) is 0 Å². The summed E-state index contributed by atoms with van der Waals surface area (Å²) in [6.45, 7) is 5.92. The van der Waals surface area contributed by atoms with Crippen LogP contribution in [0.4, 0.5) is 4.79 Å². The van der Waals surface area contributed by atoms with Crippen molar-refractivity contribution in [1.29, 1.82) is 0 Å². The molecular formula is C19H25ClN4O3. The SMILES string of the molecule is CC(C)(C)OC(=O)NCCC(=O)NC[C@@H](c1ccc(Cl)cc1)n1cccn1. The predicted molar refractivity (Wildman–Crippen MR) is 104 cm³/mol. The standard InChI is InChI=1S/C19H25ClN4O3/c1-19(2,3)27-18(26)21-11-9-17(25)22-13-16(24-12-4-10-23-24)14-5-7-15(20)8-6-14/h4-8,10,12,16H,9,11,13H2,1-3H3,(H,21,26)(H,22,25)/t16-/m0/s1. The minimum atomic E-state index is -0.568. The van der Waals surface area contributed by atoms with Crippen molar-refractivity contribution < 1.29 is 14.3 Å². The maximum atomic E-state index is 12.1. The monoisotopic (exact) mass is 392 g/mol. The van der Waals surface area contributed by atoms with E-state index in [1.807, 2.05) is 24.4 Å². The molecule has 1 heterocycles. The number of ether oxygens (including phenoxy) is 1. The highest BCUT2D eigenvalue weighted by atomic mass is 35.5. The molecule has 0 radical (unpaired) electrons. The van der Waals surface area contributed by atoms with Gasteiger partial charge in [0, 0.05) is 36.9 Å². The number of nitrogens with zero attached hydrogens (tertiary/aromatic N) is 2. The maximum Gasteiger partial charge on any atom is 0.407 e. The predicted octanol–water partition coefficient (Wildman–Crippen LogP) is 3.16. The van der Waals surface area contributed by atoms with Gasteiger partial charge >= 0.3 is 6.09 Å². The summed E-state index contributed by atoms with van der Waals surface area (Å²) >= 11 is 5.95. The van der Waals surface area contributed by atoms with Gasteiger partial charge in [-0.15, -0.1) is 0 Å². The van der Waals surface area contributed by atoms with Gasteiger partial charge in [-0.05, 0) is 44.5 Å². The Morgan fingerprint density at radius 2 is 1.93 bits per heavy atom. The van der Waals surface area contributed by atoms with E-state index >= 15 is 0 Å². The first-order valence-corrected chi connectivity index (χ1v) is 9.10. The van der Waals surface area contributed by atoms with E-state index < -0.39 is 11.7 Å². The highest BCUT2D eigenvalue weighted by Crippen LogP contribution is 2.19. The second-order valence-corrected chi connectivity index (χ2v) is 7.47. The fourth-order valence-electron chi connectivity index (χ4n) is 2.41. The van der Waals surface area contributed by atoms with Gasteiger partial charge in [-0.25, -0.2) is 4.79 Å². The first-order valence-electron chi connectivity index (χ1n) is 8.73. The van der Waals surface area contributed by atoms with Crippen LogP contribution >= 0.6 is 11.6 Å². The molecule has 0 aliphatic carbocycles. The minimum Gasteiger partial charge on any atom is -0.444 e. The number of alkyl carbamates (subject to hydrolysis) is 1. The summed E-state index contributed by atoms with van der Waals surface area (Å²) in [4.78, 5) is 23.7. The zero-order chi connectivity index (χ0) is 19.9. The van der Waals surface area contributed by atoms with Crippen molar-refractivity contribution in [2.24, 2.45) is 0 Å². The third kappa shape index (κ3) is 7.30. The van der Waals surface area contributed by atoms with Crippen LogP contribution in [0.15, 0.2) is 42.7 Å². The summed E-state index contributed by atoms with van der Waals surface area (Å²) in [5.74, 6) is -0.169. The van der Waals surface area contributed by atoms with Crippen molar-refractivity contribution in [3.05, 3.63) is 53.3 Å². The van der Waals surface area contributed by atoms with Gasteiger partial charge in [0.1, 0.15) is 5.60 Å². The Kier molecular flexibility index (Phi) is 7.24. The average molecular weight is 393 g/mol. The third-order valence-corrected chi connectivity index (χ3v) is 3.86. The topological polar surface area (TPSA) is 85.2 Å². The van der Waals surface area contributed by atoms with Crippen molar-refractivity contribution in [2.75, 3.05) is 13.1 Å². The lowest BCUT2D eigenvalue weighted by molar-refractivity contribution is -0.121. The number of halogens is 1. The number of amides is 2. The second-order valence-electron chi connectivity index (χ2n) is 7.04. The molecular weight excluding hydrogens is 368 g/mol. The fraction of sp³-hybridized carbons (Fsp3) is 0.421. The molecule has 7 nitrogen and oxygen atoms in total. The van der Waals surface area contributed by atoms with Crippen molar-refractivity contribution in [1.82, 2.24) is 20.4 Å². The van der Waals surface area contributed by atoms with Crippen molar-refractivity contribution >= 4 is 23.6 Å². The van der Waals surface area contributed by atoms with Gasteiger partial charge < -0.3 is 15.4 Å². The number of carbonyl (C=O) groups excluding carboxylic acids is 2. The first-order chi connectivity index (χ1) is 12.7. The molecule has 27 heavy (non-hydrogen) atoms. The average Bonchev–Trinajstić information content (AvgIpc) is 3.09. The van der Waals surface area contributed by atoms with E-state index in [0.717, 1.165) is 5.56 Å². The van der Waals surface area contributed by atoms with Gasteiger partial charge in [0.25, 0.3) is 0 Å². The summed E-state index contributed by atoms with van der Waals surface area (Å²) in [6.07, 6.45) is 3.15.